The number of nitriles is 1. The van der Waals surface area contributed by atoms with Crippen molar-refractivity contribution in [2.75, 3.05) is 5.75 Å². The summed E-state index contributed by atoms with van der Waals surface area (Å²) >= 11 is 0. The molecule has 0 aromatic heterocycles. The molecule has 92 valence electrons. The summed E-state index contributed by atoms with van der Waals surface area (Å²) in [4.78, 5) is 0. The molecule has 5 heteroatoms. The first kappa shape index (κ1) is 13.7. The van der Waals surface area contributed by atoms with E-state index in [0.29, 0.717) is 5.56 Å². The molecule has 0 saturated carbocycles. The molecule has 0 fully saturated rings. The van der Waals surface area contributed by atoms with Crippen LogP contribution in [0.1, 0.15) is 25.0 Å². The highest BCUT2D eigenvalue weighted by molar-refractivity contribution is 7.90. The van der Waals surface area contributed by atoms with E-state index >= 15 is 0 Å². The van der Waals surface area contributed by atoms with E-state index in [4.69, 9.17) is 5.26 Å². The van der Waals surface area contributed by atoms with Gasteiger partial charge < -0.3 is 0 Å². The lowest BCUT2D eigenvalue weighted by atomic mass is 10.1. The van der Waals surface area contributed by atoms with Gasteiger partial charge in [-0.1, -0.05) is 19.9 Å². The molecule has 1 rings (SSSR count). The number of sulfone groups is 1. The average molecular weight is 255 g/mol. The van der Waals surface area contributed by atoms with Crippen LogP contribution >= 0.6 is 0 Å². The zero-order valence-electron chi connectivity index (χ0n) is 9.77. The molecule has 17 heavy (non-hydrogen) atoms. The monoisotopic (exact) mass is 255 g/mol. The molecule has 0 heterocycles. The van der Waals surface area contributed by atoms with Gasteiger partial charge in [-0.2, -0.15) is 5.26 Å². The lowest BCUT2D eigenvalue weighted by Gasteiger charge is -2.07. The summed E-state index contributed by atoms with van der Waals surface area (Å²) in [7, 11) is -3.20. The Labute approximate surface area is 101 Å². The Bertz CT molecular complexity index is 544. The second-order valence-corrected chi connectivity index (χ2v) is 6.48. The summed E-state index contributed by atoms with van der Waals surface area (Å²) in [6.45, 7) is 3.64. The predicted molar refractivity (Wildman–Crippen MR) is 63.4 cm³/mol. The van der Waals surface area contributed by atoms with Gasteiger partial charge in [0.1, 0.15) is 11.9 Å². The molecule has 1 aromatic carbocycles. The normalized spacial score (nSPS) is 11.5. The summed E-state index contributed by atoms with van der Waals surface area (Å²) in [5, 5.41) is 8.65. The van der Waals surface area contributed by atoms with Crippen molar-refractivity contribution in [3.8, 4) is 6.07 Å². The molecule has 0 atom stereocenters. The van der Waals surface area contributed by atoms with Crippen molar-refractivity contribution >= 4 is 9.84 Å². The molecule has 0 saturated heterocycles. The third-order valence-electron chi connectivity index (χ3n) is 2.13. The maximum absolute atomic E-state index is 13.0. The molecule has 0 N–H and O–H groups in total. The fourth-order valence-electron chi connectivity index (χ4n) is 1.57. The number of rotatable bonds is 4. The first-order chi connectivity index (χ1) is 7.84. The average Bonchev–Trinajstić information content (AvgIpc) is 2.18. The van der Waals surface area contributed by atoms with Crippen LogP contribution in [0.15, 0.2) is 18.2 Å². The Morgan fingerprint density at radius 1 is 1.41 bits per heavy atom. The van der Waals surface area contributed by atoms with Gasteiger partial charge in [0.2, 0.25) is 0 Å². The molecule has 0 aliphatic rings. The van der Waals surface area contributed by atoms with Crippen LogP contribution in [-0.4, -0.2) is 14.2 Å². The van der Waals surface area contributed by atoms with E-state index < -0.39 is 15.7 Å². The SMILES string of the molecule is CC(C)CS(=O)(=O)Cc1ccc(F)c(C#N)c1. The summed E-state index contributed by atoms with van der Waals surface area (Å²) in [5.41, 5.74) is 0.325. The molecule has 3 nitrogen and oxygen atoms in total. The molecule has 1 aromatic rings. The summed E-state index contributed by atoms with van der Waals surface area (Å²) in [5.74, 6) is -0.639. The van der Waals surface area contributed by atoms with Crippen molar-refractivity contribution in [1.29, 1.82) is 5.26 Å². The minimum atomic E-state index is -3.20. The predicted octanol–water partition coefficient (Wildman–Crippen LogP) is 2.27. The van der Waals surface area contributed by atoms with Crippen LogP contribution in [0.2, 0.25) is 0 Å². The largest absolute Gasteiger partial charge is 0.228 e. The lowest BCUT2D eigenvalue weighted by molar-refractivity contribution is 0.581. The Kier molecular flexibility index (Phi) is 4.24. The smallest absolute Gasteiger partial charge is 0.154 e. The second kappa shape index (κ2) is 5.28. The minimum Gasteiger partial charge on any atom is -0.228 e. The molecule has 0 bridgehead atoms. The third kappa shape index (κ3) is 4.16. The van der Waals surface area contributed by atoms with Crippen molar-refractivity contribution in [3.05, 3.63) is 35.1 Å². The van der Waals surface area contributed by atoms with E-state index in [-0.39, 0.29) is 23.0 Å². The number of hydrogen-bond donors (Lipinski definition) is 0. The van der Waals surface area contributed by atoms with Crippen LogP contribution in [-0.2, 0) is 15.6 Å². The van der Waals surface area contributed by atoms with Crippen LogP contribution in [0.4, 0.5) is 4.39 Å². The van der Waals surface area contributed by atoms with E-state index in [2.05, 4.69) is 0 Å². The highest BCUT2D eigenvalue weighted by Crippen LogP contribution is 2.14. The molecular formula is C12H14FNO2S. The number of nitrogens with zero attached hydrogens (tertiary/aromatic N) is 1. The Balaban J connectivity index is 2.94. The fraction of sp³-hybridized carbons (Fsp3) is 0.417. The number of halogens is 1. The van der Waals surface area contributed by atoms with Gasteiger partial charge in [-0.05, 0) is 23.6 Å². The molecule has 0 amide bonds. The highest BCUT2D eigenvalue weighted by atomic mass is 32.2. The van der Waals surface area contributed by atoms with Gasteiger partial charge in [-0.15, -0.1) is 0 Å². The van der Waals surface area contributed by atoms with Crippen molar-refractivity contribution < 1.29 is 12.8 Å². The standard InChI is InChI=1S/C12H14FNO2S/c1-9(2)7-17(15,16)8-10-3-4-12(13)11(5-10)6-14/h3-5,9H,7-8H2,1-2H3. The lowest BCUT2D eigenvalue weighted by Crippen LogP contribution is -2.14. The number of hydrogen-bond acceptors (Lipinski definition) is 3. The van der Waals surface area contributed by atoms with Gasteiger partial charge in [-0.25, -0.2) is 12.8 Å². The molecule has 0 aliphatic heterocycles. The van der Waals surface area contributed by atoms with E-state index in [9.17, 15) is 12.8 Å². The van der Waals surface area contributed by atoms with Crippen molar-refractivity contribution in [1.82, 2.24) is 0 Å². The second-order valence-electron chi connectivity index (χ2n) is 4.37. The van der Waals surface area contributed by atoms with Gasteiger partial charge in [0.15, 0.2) is 9.84 Å². The summed E-state index contributed by atoms with van der Waals surface area (Å²) in [6.07, 6.45) is 0. The molecule has 0 radical (unpaired) electrons. The molecule has 0 unspecified atom stereocenters. The van der Waals surface area contributed by atoms with Crippen LogP contribution in [0, 0.1) is 23.1 Å². The van der Waals surface area contributed by atoms with Crippen LogP contribution in [0.25, 0.3) is 0 Å². The third-order valence-corrected chi connectivity index (χ3v) is 4.07. The van der Waals surface area contributed by atoms with Crippen LogP contribution in [0.5, 0.6) is 0 Å². The maximum Gasteiger partial charge on any atom is 0.154 e. The van der Waals surface area contributed by atoms with Gasteiger partial charge in [-0.3, -0.25) is 0 Å². The van der Waals surface area contributed by atoms with E-state index in [1.54, 1.807) is 6.07 Å². The minimum absolute atomic E-state index is 0.0517. The molecule has 0 aliphatic carbocycles. The van der Waals surface area contributed by atoms with Crippen molar-refractivity contribution in [3.63, 3.8) is 0 Å². The van der Waals surface area contributed by atoms with Crippen molar-refractivity contribution in [2.45, 2.75) is 19.6 Å². The van der Waals surface area contributed by atoms with Gasteiger partial charge in [0, 0.05) is 0 Å². The van der Waals surface area contributed by atoms with Crippen molar-refractivity contribution in [2.24, 2.45) is 5.92 Å². The van der Waals surface area contributed by atoms with E-state index in [1.165, 1.54) is 12.1 Å². The fourth-order valence-corrected chi connectivity index (χ4v) is 3.39. The van der Waals surface area contributed by atoms with E-state index in [1.807, 2.05) is 13.8 Å². The highest BCUT2D eigenvalue weighted by Gasteiger charge is 2.15. The van der Waals surface area contributed by atoms with Gasteiger partial charge in [0.25, 0.3) is 0 Å². The molecule has 0 spiro atoms. The Hall–Kier alpha value is -1.41. The van der Waals surface area contributed by atoms with Crippen LogP contribution in [0.3, 0.4) is 0 Å². The summed E-state index contributed by atoms with van der Waals surface area (Å²) < 4.78 is 36.5. The van der Waals surface area contributed by atoms with Crippen LogP contribution < -0.4 is 0 Å². The maximum atomic E-state index is 13.0. The first-order valence-corrected chi connectivity index (χ1v) is 7.05. The zero-order valence-corrected chi connectivity index (χ0v) is 10.6. The first-order valence-electron chi connectivity index (χ1n) is 5.23. The summed E-state index contributed by atoms with van der Waals surface area (Å²) in [6, 6.07) is 5.50. The molecular weight excluding hydrogens is 241 g/mol. The van der Waals surface area contributed by atoms with Gasteiger partial charge in [0.05, 0.1) is 17.1 Å². The Morgan fingerprint density at radius 3 is 2.59 bits per heavy atom. The van der Waals surface area contributed by atoms with Gasteiger partial charge >= 0.3 is 0 Å². The number of benzene rings is 1. The quantitative estimate of drug-likeness (QED) is 0.829. The topological polar surface area (TPSA) is 57.9 Å². The van der Waals surface area contributed by atoms with E-state index in [0.717, 1.165) is 6.07 Å². The zero-order chi connectivity index (χ0) is 13.1. The Morgan fingerprint density at radius 2 is 2.06 bits per heavy atom.